The SMILES string of the molecule is [N-]=[N+]=NC[C@H]1O[C@H](O[C@H]2[C@H](O)[C@@H](O[C@H]3O[C@H](COCc4ccccc4)[C@H](O)[C@H](N=[N+]=[N-])[C@H]3OCc3ccccc3)[C@H](N=[N+]=[N-])C[C@@H]2N=[N+]=[N-])[C@H](N=[N+]=[N-])[C@@H](O)[C@@H]1O. The molecular formula is C32H39N15O10. The lowest BCUT2D eigenvalue weighted by Gasteiger charge is -2.48. The molecule has 5 rings (SSSR count). The number of benzene rings is 2. The van der Waals surface area contributed by atoms with Gasteiger partial charge in [0, 0.05) is 24.6 Å². The molecule has 0 aromatic heterocycles. The van der Waals surface area contributed by atoms with Crippen LogP contribution in [0.2, 0.25) is 0 Å². The quantitative estimate of drug-likeness (QED) is 0.102. The molecule has 25 heteroatoms. The Hall–Kier alpha value is -5.41. The summed E-state index contributed by atoms with van der Waals surface area (Å²) in [6, 6.07) is 12.5. The van der Waals surface area contributed by atoms with Crippen LogP contribution < -0.4 is 0 Å². The van der Waals surface area contributed by atoms with E-state index >= 15 is 0 Å². The average molecular weight is 794 g/mol. The fourth-order valence-electron chi connectivity index (χ4n) is 6.80. The van der Waals surface area contributed by atoms with Crippen LogP contribution in [0.1, 0.15) is 17.5 Å². The van der Waals surface area contributed by atoms with Gasteiger partial charge in [-0.05, 0) is 45.2 Å². The third kappa shape index (κ3) is 10.7. The largest absolute Gasteiger partial charge is 0.390 e. The monoisotopic (exact) mass is 793 g/mol. The van der Waals surface area contributed by atoms with E-state index in [2.05, 4.69) is 50.1 Å². The van der Waals surface area contributed by atoms with Gasteiger partial charge in [0.2, 0.25) is 0 Å². The van der Waals surface area contributed by atoms with Gasteiger partial charge in [-0.15, -0.1) is 0 Å². The summed E-state index contributed by atoms with van der Waals surface area (Å²) in [7, 11) is 0. The summed E-state index contributed by atoms with van der Waals surface area (Å²) in [6.07, 6.45) is -17.5. The molecule has 3 fully saturated rings. The van der Waals surface area contributed by atoms with Gasteiger partial charge in [0.1, 0.15) is 30.5 Å². The molecule has 2 aromatic carbocycles. The topological polar surface area (TPSA) is 380 Å². The van der Waals surface area contributed by atoms with Crippen molar-refractivity contribution in [3.63, 3.8) is 0 Å². The zero-order valence-electron chi connectivity index (χ0n) is 29.9. The first kappa shape index (κ1) is 42.7. The zero-order chi connectivity index (χ0) is 40.7. The van der Waals surface area contributed by atoms with E-state index in [4.69, 9.17) is 34.0 Å². The highest BCUT2D eigenvalue weighted by Gasteiger charge is 2.53. The van der Waals surface area contributed by atoms with E-state index in [1.807, 2.05) is 30.3 Å². The highest BCUT2D eigenvalue weighted by atomic mass is 16.7. The molecule has 1 saturated carbocycles. The van der Waals surface area contributed by atoms with Crippen LogP contribution >= 0.6 is 0 Å². The Morgan fingerprint density at radius 3 is 1.70 bits per heavy atom. The number of ether oxygens (including phenoxy) is 6. The number of aliphatic hydroxyl groups is 4. The normalized spacial score (nSPS) is 34.8. The van der Waals surface area contributed by atoms with E-state index in [1.54, 1.807) is 30.3 Å². The summed E-state index contributed by atoms with van der Waals surface area (Å²) in [5, 5.41) is 63.0. The molecule has 2 heterocycles. The van der Waals surface area contributed by atoms with E-state index in [-0.39, 0.29) is 26.2 Å². The van der Waals surface area contributed by atoms with Crippen molar-refractivity contribution < 1.29 is 48.8 Å². The molecule has 0 bridgehead atoms. The Balaban J connectivity index is 1.47. The van der Waals surface area contributed by atoms with Crippen LogP contribution in [0.15, 0.2) is 86.2 Å². The van der Waals surface area contributed by atoms with Crippen molar-refractivity contribution >= 4 is 0 Å². The molecular weight excluding hydrogens is 754 g/mol. The number of azide groups is 5. The maximum absolute atomic E-state index is 12.0. The second-order valence-electron chi connectivity index (χ2n) is 13.1. The minimum Gasteiger partial charge on any atom is -0.390 e. The summed E-state index contributed by atoms with van der Waals surface area (Å²) in [5.41, 5.74) is 48.1. The van der Waals surface area contributed by atoms with Gasteiger partial charge in [-0.3, -0.25) is 0 Å². The summed E-state index contributed by atoms with van der Waals surface area (Å²) >= 11 is 0. The van der Waals surface area contributed by atoms with Crippen LogP contribution in [0.4, 0.5) is 0 Å². The van der Waals surface area contributed by atoms with Crippen LogP contribution in [0.3, 0.4) is 0 Å². The number of nitrogens with zero attached hydrogens (tertiary/aromatic N) is 15. The maximum atomic E-state index is 12.0. The van der Waals surface area contributed by atoms with E-state index in [1.165, 1.54) is 0 Å². The molecule has 15 atom stereocenters. The number of rotatable bonds is 17. The number of aliphatic hydroxyl groups excluding tert-OH is 4. The predicted molar refractivity (Wildman–Crippen MR) is 193 cm³/mol. The Labute approximate surface area is 322 Å². The molecule has 2 aliphatic heterocycles. The van der Waals surface area contributed by atoms with E-state index < -0.39 is 98.2 Å². The molecule has 302 valence electrons. The number of hydrogen-bond donors (Lipinski definition) is 4. The van der Waals surface area contributed by atoms with Crippen molar-refractivity contribution in [2.24, 2.45) is 25.6 Å². The first-order chi connectivity index (χ1) is 27.7. The Morgan fingerprint density at radius 1 is 0.579 bits per heavy atom. The van der Waals surface area contributed by atoms with Gasteiger partial charge in [0.15, 0.2) is 12.6 Å². The second kappa shape index (κ2) is 21.2. The third-order valence-corrected chi connectivity index (χ3v) is 9.58. The second-order valence-corrected chi connectivity index (χ2v) is 13.1. The summed E-state index contributed by atoms with van der Waals surface area (Å²) < 4.78 is 36.4. The standard InChI is InChI=1S/C32H39N15O10/c33-43-38-12-20-25(49)26(50)23(42-47-37)31(54-20)56-28-18(39-44-34)11-19(40-45-35)29(27(28)51)57-32-30(53-14-17-9-5-2-6-10-17)22(41-46-36)24(48)21(55-32)15-52-13-16-7-3-1-4-8-16/h1-10,18-32,48-51H,11-15H2/t18-,19+,20+,21+,22-,23+,24-,25+,26+,27-,28+,29-,30+,31+,32+/m0/s1. The van der Waals surface area contributed by atoms with Crippen LogP contribution in [0.25, 0.3) is 52.2 Å². The van der Waals surface area contributed by atoms with Crippen LogP contribution in [0, 0.1) is 0 Å². The van der Waals surface area contributed by atoms with Gasteiger partial charge >= 0.3 is 0 Å². The highest BCUT2D eigenvalue weighted by molar-refractivity contribution is 5.15. The fraction of sp³-hybridized carbons (Fsp3) is 0.625. The zero-order valence-corrected chi connectivity index (χ0v) is 29.9. The molecule has 1 aliphatic carbocycles. The average Bonchev–Trinajstić information content (AvgIpc) is 3.22. The van der Waals surface area contributed by atoms with Gasteiger partial charge in [-0.2, -0.15) is 0 Å². The smallest absolute Gasteiger partial charge is 0.185 e. The minimum absolute atomic E-state index is 0.0726. The van der Waals surface area contributed by atoms with Gasteiger partial charge < -0.3 is 48.8 Å². The summed E-state index contributed by atoms with van der Waals surface area (Å²) in [5.74, 6) is 0. The van der Waals surface area contributed by atoms with Crippen molar-refractivity contribution in [3.05, 3.63) is 124 Å². The Bertz CT molecular complexity index is 1860. The lowest BCUT2D eigenvalue weighted by Crippen LogP contribution is -2.65. The molecule has 57 heavy (non-hydrogen) atoms. The first-order valence-electron chi connectivity index (χ1n) is 17.5. The van der Waals surface area contributed by atoms with Gasteiger partial charge in [0.25, 0.3) is 0 Å². The van der Waals surface area contributed by atoms with Crippen molar-refractivity contribution in [1.29, 1.82) is 0 Å². The molecule has 0 amide bonds. The van der Waals surface area contributed by atoms with Crippen molar-refractivity contribution in [2.45, 2.75) is 111 Å². The molecule has 2 aromatic rings. The molecule has 2 saturated heterocycles. The van der Waals surface area contributed by atoms with E-state index in [0.717, 1.165) is 5.56 Å². The summed E-state index contributed by atoms with van der Waals surface area (Å²) in [4.78, 5) is 14.0. The molecule has 0 spiro atoms. The van der Waals surface area contributed by atoms with Gasteiger partial charge in [-0.25, -0.2) is 0 Å². The van der Waals surface area contributed by atoms with E-state index in [9.17, 15) is 42.6 Å². The van der Waals surface area contributed by atoms with Crippen LogP contribution in [-0.2, 0) is 41.6 Å². The number of hydrogen-bond acceptors (Lipinski definition) is 15. The van der Waals surface area contributed by atoms with Crippen molar-refractivity contribution in [3.8, 4) is 0 Å². The maximum Gasteiger partial charge on any atom is 0.185 e. The fourth-order valence-corrected chi connectivity index (χ4v) is 6.80. The van der Waals surface area contributed by atoms with Crippen LogP contribution in [-0.4, -0.2) is 125 Å². The lowest BCUT2D eigenvalue weighted by atomic mass is 9.84. The lowest BCUT2D eigenvalue weighted by molar-refractivity contribution is -0.325. The molecule has 3 aliphatic rings. The van der Waals surface area contributed by atoms with E-state index in [0.29, 0.717) is 5.56 Å². The van der Waals surface area contributed by atoms with Crippen LogP contribution in [0.5, 0.6) is 0 Å². The van der Waals surface area contributed by atoms with Gasteiger partial charge in [-0.1, -0.05) is 86.2 Å². The van der Waals surface area contributed by atoms with Crippen molar-refractivity contribution in [2.75, 3.05) is 13.2 Å². The molecule has 0 unspecified atom stereocenters. The summed E-state index contributed by atoms with van der Waals surface area (Å²) in [6.45, 7) is -0.639. The Kier molecular flexibility index (Phi) is 15.9. The Morgan fingerprint density at radius 2 is 1.12 bits per heavy atom. The predicted octanol–water partition coefficient (Wildman–Crippen LogP) is 3.88. The molecule has 25 nitrogen and oxygen atoms in total. The minimum atomic E-state index is -1.88. The first-order valence-corrected chi connectivity index (χ1v) is 17.5. The van der Waals surface area contributed by atoms with Gasteiger partial charge in [0.05, 0.1) is 75.0 Å². The molecule has 4 N–H and O–H groups in total. The van der Waals surface area contributed by atoms with Crippen molar-refractivity contribution in [1.82, 2.24) is 0 Å². The third-order valence-electron chi connectivity index (χ3n) is 9.58. The highest BCUT2D eigenvalue weighted by Crippen LogP contribution is 2.37. The molecule has 0 radical (unpaired) electrons.